The minimum atomic E-state index is 0.0305. The Balaban J connectivity index is 1.85. The Morgan fingerprint density at radius 3 is 2.20 bits per heavy atom. The van der Waals surface area contributed by atoms with Crippen LogP contribution in [0.15, 0.2) is 0 Å². The molecule has 5 heteroatoms. The summed E-state index contributed by atoms with van der Waals surface area (Å²) in [6.07, 6.45) is 19.5. The summed E-state index contributed by atoms with van der Waals surface area (Å²) < 4.78 is 0. The van der Waals surface area contributed by atoms with Crippen LogP contribution in [0.3, 0.4) is 0 Å². The molecule has 0 spiro atoms. The molecule has 2 rings (SSSR count). The van der Waals surface area contributed by atoms with E-state index in [0.29, 0.717) is 18.9 Å². The SMILES string of the molecule is CC(=O)NCCCCN1CCCN2CCCC[C@H]2CCCCCCCCCCC1=O. The quantitative estimate of drug-likeness (QED) is 0.643. The monoisotopic (exact) mass is 421 g/mol. The zero-order chi connectivity index (χ0) is 21.4. The third kappa shape index (κ3) is 10.8. The van der Waals surface area contributed by atoms with Gasteiger partial charge in [0.25, 0.3) is 0 Å². The zero-order valence-electron chi connectivity index (χ0n) is 19.6. The lowest BCUT2D eigenvalue weighted by Crippen LogP contribution is -2.41. The van der Waals surface area contributed by atoms with Crippen molar-refractivity contribution >= 4 is 11.8 Å². The van der Waals surface area contributed by atoms with Crippen LogP contribution in [-0.2, 0) is 9.59 Å². The number of hydrogen-bond acceptors (Lipinski definition) is 3. The smallest absolute Gasteiger partial charge is 0.222 e. The van der Waals surface area contributed by atoms with Gasteiger partial charge < -0.3 is 15.1 Å². The van der Waals surface area contributed by atoms with E-state index in [0.717, 1.165) is 51.4 Å². The molecule has 30 heavy (non-hydrogen) atoms. The second kappa shape index (κ2) is 15.7. The molecule has 0 aromatic rings. The van der Waals surface area contributed by atoms with E-state index in [-0.39, 0.29) is 5.91 Å². The summed E-state index contributed by atoms with van der Waals surface area (Å²) in [5, 5.41) is 2.86. The van der Waals surface area contributed by atoms with E-state index < -0.39 is 0 Å². The third-order valence-electron chi connectivity index (χ3n) is 6.88. The first kappa shape index (κ1) is 25.2. The van der Waals surface area contributed by atoms with E-state index in [1.54, 1.807) is 6.92 Å². The number of carbonyl (C=O) groups is 2. The van der Waals surface area contributed by atoms with Gasteiger partial charge in [0.15, 0.2) is 0 Å². The number of amides is 2. The molecule has 2 aliphatic rings. The average molecular weight is 422 g/mol. The van der Waals surface area contributed by atoms with Crippen LogP contribution in [0.5, 0.6) is 0 Å². The Labute approximate surface area is 185 Å². The van der Waals surface area contributed by atoms with Gasteiger partial charge in [-0.1, -0.05) is 51.4 Å². The van der Waals surface area contributed by atoms with Crippen LogP contribution in [0, 0.1) is 0 Å². The molecule has 2 fully saturated rings. The van der Waals surface area contributed by atoms with E-state index in [4.69, 9.17) is 0 Å². The van der Waals surface area contributed by atoms with Gasteiger partial charge in [-0.25, -0.2) is 0 Å². The van der Waals surface area contributed by atoms with E-state index in [1.165, 1.54) is 77.2 Å². The highest BCUT2D eigenvalue weighted by atomic mass is 16.2. The minimum Gasteiger partial charge on any atom is -0.356 e. The number of piperidine rings is 1. The van der Waals surface area contributed by atoms with Crippen LogP contribution in [0.4, 0.5) is 0 Å². The Bertz CT molecular complexity index is 483. The summed E-state index contributed by atoms with van der Waals surface area (Å²) in [5.41, 5.74) is 0. The van der Waals surface area contributed by atoms with Gasteiger partial charge in [-0.05, 0) is 51.5 Å². The van der Waals surface area contributed by atoms with E-state index in [1.807, 2.05) is 0 Å². The maximum atomic E-state index is 12.9. The van der Waals surface area contributed by atoms with E-state index >= 15 is 0 Å². The Morgan fingerprint density at radius 2 is 1.47 bits per heavy atom. The van der Waals surface area contributed by atoms with Crippen LogP contribution < -0.4 is 5.32 Å². The highest BCUT2D eigenvalue weighted by Crippen LogP contribution is 2.23. The summed E-state index contributed by atoms with van der Waals surface area (Å²) in [4.78, 5) is 28.7. The number of carbonyl (C=O) groups excluding carboxylic acids is 2. The van der Waals surface area contributed by atoms with E-state index in [9.17, 15) is 9.59 Å². The van der Waals surface area contributed by atoms with Crippen LogP contribution in [0.1, 0.15) is 110 Å². The second-order valence-electron chi connectivity index (χ2n) is 9.48. The molecule has 0 bridgehead atoms. The molecule has 2 aliphatic heterocycles. The molecule has 0 unspecified atom stereocenters. The molecular weight excluding hydrogens is 374 g/mol. The lowest BCUT2D eigenvalue weighted by atomic mass is 9.96. The van der Waals surface area contributed by atoms with Crippen LogP contribution >= 0.6 is 0 Å². The van der Waals surface area contributed by atoms with Gasteiger partial charge in [-0.3, -0.25) is 9.59 Å². The normalized spacial score (nSPS) is 24.1. The fourth-order valence-corrected chi connectivity index (χ4v) is 5.07. The highest BCUT2D eigenvalue weighted by molar-refractivity contribution is 5.76. The predicted molar refractivity (Wildman–Crippen MR) is 124 cm³/mol. The van der Waals surface area contributed by atoms with Gasteiger partial charge >= 0.3 is 0 Å². The molecular formula is C25H47N3O2. The molecule has 0 aromatic carbocycles. The summed E-state index contributed by atoms with van der Waals surface area (Å²) in [7, 11) is 0. The van der Waals surface area contributed by atoms with Crippen molar-refractivity contribution in [3.8, 4) is 0 Å². The molecule has 2 heterocycles. The Kier molecular flexibility index (Phi) is 13.1. The number of rotatable bonds is 5. The van der Waals surface area contributed by atoms with Crippen molar-refractivity contribution < 1.29 is 9.59 Å². The van der Waals surface area contributed by atoms with Gasteiger partial charge in [0, 0.05) is 45.6 Å². The van der Waals surface area contributed by atoms with Gasteiger partial charge in [0.2, 0.25) is 11.8 Å². The molecule has 0 aliphatic carbocycles. The molecule has 2 saturated heterocycles. The summed E-state index contributed by atoms with van der Waals surface area (Å²) in [6.45, 7) is 6.39. The van der Waals surface area contributed by atoms with Gasteiger partial charge in [-0.15, -0.1) is 0 Å². The maximum Gasteiger partial charge on any atom is 0.222 e. The Morgan fingerprint density at radius 1 is 0.833 bits per heavy atom. The van der Waals surface area contributed by atoms with Gasteiger partial charge in [-0.2, -0.15) is 0 Å². The van der Waals surface area contributed by atoms with Crippen LogP contribution in [0.25, 0.3) is 0 Å². The third-order valence-corrected chi connectivity index (χ3v) is 6.88. The highest BCUT2D eigenvalue weighted by Gasteiger charge is 2.22. The lowest BCUT2D eigenvalue weighted by molar-refractivity contribution is -0.131. The number of unbranched alkanes of at least 4 members (excludes halogenated alkanes) is 1. The predicted octanol–water partition coefficient (Wildman–Crippen LogP) is 4.89. The number of nitrogens with one attached hydrogen (secondary N) is 1. The maximum absolute atomic E-state index is 12.9. The molecule has 5 nitrogen and oxygen atoms in total. The molecule has 2 amide bonds. The largest absolute Gasteiger partial charge is 0.356 e. The van der Waals surface area contributed by atoms with Crippen LogP contribution in [0.2, 0.25) is 0 Å². The summed E-state index contributed by atoms with van der Waals surface area (Å²) in [5.74, 6) is 0.372. The topological polar surface area (TPSA) is 52.7 Å². The first-order chi connectivity index (χ1) is 14.7. The van der Waals surface area contributed by atoms with Crippen molar-refractivity contribution in [2.24, 2.45) is 0 Å². The Hall–Kier alpha value is -1.10. The second-order valence-corrected chi connectivity index (χ2v) is 9.48. The summed E-state index contributed by atoms with van der Waals surface area (Å²) in [6, 6.07) is 0.774. The lowest BCUT2D eigenvalue weighted by Gasteiger charge is -2.36. The fourth-order valence-electron chi connectivity index (χ4n) is 5.07. The van der Waals surface area contributed by atoms with Crippen molar-refractivity contribution in [3.63, 3.8) is 0 Å². The molecule has 0 aromatic heterocycles. The minimum absolute atomic E-state index is 0.0305. The van der Waals surface area contributed by atoms with Crippen molar-refractivity contribution in [2.45, 2.75) is 116 Å². The molecule has 0 saturated carbocycles. The van der Waals surface area contributed by atoms with E-state index in [2.05, 4.69) is 15.1 Å². The van der Waals surface area contributed by atoms with Gasteiger partial charge in [0.05, 0.1) is 0 Å². The number of hydrogen-bond donors (Lipinski definition) is 1. The average Bonchev–Trinajstić information content (AvgIpc) is 2.73. The van der Waals surface area contributed by atoms with Crippen molar-refractivity contribution in [1.82, 2.24) is 15.1 Å². The fraction of sp³-hybridized carbons (Fsp3) is 0.920. The zero-order valence-corrected chi connectivity index (χ0v) is 19.6. The first-order valence-electron chi connectivity index (χ1n) is 12.9. The van der Waals surface area contributed by atoms with Crippen molar-refractivity contribution in [2.75, 3.05) is 32.7 Å². The standard InChI is InChI=1S/C25H47N3O2/c1-23(29)26-18-11-13-20-28-22-14-21-27-19-12-10-16-24(27)15-8-6-4-2-3-5-7-9-17-25(28)30/h24H,2-22H2,1H3,(H,26,29)/t24-/m1/s1. The molecule has 1 N–H and O–H groups in total. The first-order valence-corrected chi connectivity index (χ1v) is 12.9. The summed E-state index contributed by atoms with van der Waals surface area (Å²) >= 11 is 0. The van der Waals surface area contributed by atoms with Crippen molar-refractivity contribution in [1.29, 1.82) is 0 Å². The van der Waals surface area contributed by atoms with Crippen molar-refractivity contribution in [3.05, 3.63) is 0 Å². The molecule has 0 radical (unpaired) electrons. The number of fused-ring (bicyclic) bond motifs is 1. The van der Waals surface area contributed by atoms with Crippen LogP contribution in [-0.4, -0.2) is 60.4 Å². The molecule has 174 valence electrons. The van der Waals surface area contributed by atoms with Gasteiger partial charge in [0.1, 0.15) is 0 Å². The molecule has 1 atom stereocenters. The number of nitrogens with zero attached hydrogens (tertiary/aromatic N) is 2.